The molecule has 16 heavy (non-hydrogen) atoms. The van der Waals surface area contributed by atoms with E-state index in [0.29, 0.717) is 0 Å². The normalized spacial score (nSPS) is 22.2. The van der Waals surface area contributed by atoms with Crippen molar-refractivity contribution in [3.05, 3.63) is 35.4 Å². The Bertz CT molecular complexity index is 320. The molecule has 2 nitrogen and oxygen atoms in total. The molecule has 1 aromatic carbocycles. The lowest BCUT2D eigenvalue weighted by Crippen LogP contribution is -2.37. The summed E-state index contributed by atoms with van der Waals surface area (Å²) in [6.45, 7) is 5.10. The minimum Gasteiger partial charge on any atom is -0.392 e. The van der Waals surface area contributed by atoms with Crippen LogP contribution in [-0.4, -0.2) is 29.2 Å². The van der Waals surface area contributed by atoms with Crippen LogP contribution >= 0.6 is 0 Å². The molecule has 0 aliphatic carbocycles. The molecule has 0 radical (unpaired) electrons. The predicted octanol–water partition coefficient (Wildman–Crippen LogP) is 2.21. The maximum atomic E-state index is 9.60. The van der Waals surface area contributed by atoms with E-state index in [2.05, 4.69) is 36.1 Å². The summed E-state index contributed by atoms with van der Waals surface area (Å²) in [6.07, 6.45) is 3.06. The van der Waals surface area contributed by atoms with Crippen LogP contribution in [0.1, 0.15) is 30.9 Å². The van der Waals surface area contributed by atoms with Crippen LogP contribution in [0.4, 0.5) is 0 Å². The first-order valence-corrected chi connectivity index (χ1v) is 6.26. The number of rotatable bonds is 3. The van der Waals surface area contributed by atoms with Gasteiger partial charge in [0.25, 0.3) is 0 Å². The Balaban J connectivity index is 1.92. The number of benzene rings is 1. The van der Waals surface area contributed by atoms with Crippen molar-refractivity contribution in [2.45, 2.75) is 38.8 Å². The first-order valence-electron chi connectivity index (χ1n) is 6.26. The average molecular weight is 219 g/mol. The van der Waals surface area contributed by atoms with Gasteiger partial charge in [0, 0.05) is 13.1 Å². The largest absolute Gasteiger partial charge is 0.392 e. The quantitative estimate of drug-likeness (QED) is 0.842. The first-order chi connectivity index (χ1) is 7.78. The van der Waals surface area contributed by atoms with Crippen molar-refractivity contribution in [2.24, 2.45) is 0 Å². The Labute approximate surface area is 97.9 Å². The molecule has 0 saturated carbocycles. The summed E-state index contributed by atoms with van der Waals surface area (Å²) in [7, 11) is 0. The van der Waals surface area contributed by atoms with Gasteiger partial charge in [-0.05, 0) is 36.9 Å². The van der Waals surface area contributed by atoms with Crippen LogP contribution in [0.15, 0.2) is 24.3 Å². The van der Waals surface area contributed by atoms with Crippen LogP contribution in [0.5, 0.6) is 0 Å². The summed E-state index contributed by atoms with van der Waals surface area (Å²) in [5.74, 6) is 0. The van der Waals surface area contributed by atoms with Crippen molar-refractivity contribution in [3.8, 4) is 0 Å². The van der Waals surface area contributed by atoms with Crippen molar-refractivity contribution in [3.63, 3.8) is 0 Å². The van der Waals surface area contributed by atoms with Gasteiger partial charge in [-0.3, -0.25) is 4.90 Å². The van der Waals surface area contributed by atoms with Gasteiger partial charge in [-0.15, -0.1) is 0 Å². The summed E-state index contributed by atoms with van der Waals surface area (Å²) < 4.78 is 0. The second-order valence-corrected chi connectivity index (χ2v) is 4.70. The van der Waals surface area contributed by atoms with Crippen LogP contribution in [0, 0.1) is 0 Å². The van der Waals surface area contributed by atoms with Crippen molar-refractivity contribution in [2.75, 3.05) is 13.1 Å². The topological polar surface area (TPSA) is 23.5 Å². The van der Waals surface area contributed by atoms with Crippen molar-refractivity contribution in [1.29, 1.82) is 0 Å². The van der Waals surface area contributed by atoms with Crippen LogP contribution < -0.4 is 0 Å². The summed E-state index contributed by atoms with van der Waals surface area (Å²) in [5, 5.41) is 9.60. The maximum absolute atomic E-state index is 9.60. The van der Waals surface area contributed by atoms with E-state index in [0.717, 1.165) is 38.9 Å². The first kappa shape index (κ1) is 11.6. The third-order valence-corrected chi connectivity index (χ3v) is 3.32. The molecule has 88 valence electrons. The number of piperidine rings is 1. The second kappa shape index (κ2) is 5.46. The molecule has 1 fully saturated rings. The molecule has 1 atom stereocenters. The Kier molecular flexibility index (Phi) is 3.97. The lowest BCUT2D eigenvalue weighted by atomic mass is 10.1. The standard InChI is InChI=1S/C14H21NO/c1-2-12-5-7-13(8-6-12)10-15-9-3-4-14(16)11-15/h5-8,14,16H,2-4,9-11H2,1H3/t14-/m1/s1. The van der Waals surface area contributed by atoms with Gasteiger partial charge in [0.15, 0.2) is 0 Å². The van der Waals surface area contributed by atoms with E-state index >= 15 is 0 Å². The Morgan fingerprint density at radius 2 is 1.94 bits per heavy atom. The van der Waals surface area contributed by atoms with Crippen LogP contribution in [-0.2, 0) is 13.0 Å². The fourth-order valence-electron chi connectivity index (χ4n) is 2.31. The average Bonchev–Trinajstić information content (AvgIpc) is 2.30. The number of aryl methyl sites for hydroxylation is 1. The molecule has 1 aliphatic rings. The molecular weight excluding hydrogens is 198 g/mol. The van der Waals surface area contributed by atoms with Gasteiger partial charge >= 0.3 is 0 Å². The number of nitrogens with zero attached hydrogens (tertiary/aromatic N) is 1. The highest BCUT2D eigenvalue weighted by molar-refractivity contribution is 5.22. The SMILES string of the molecule is CCc1ccc(CN2CCC[C@@H](O)C2)cc1. The van der Waals surface area contributed by atoms with Crippen molar-refractivity contribution >= 4 is 0 Å². The highest BCUT2D eigenvalue weighted by Crippen LogP contribution is 2.14. The molecule has 0 spiro atoms. The van der Waals surface area contributed by atoms with Gasteiger partial charge in [-0.25, -0.2) is 0 Å². The number of likely N-dealkylation sites (tertiary alicyclic amines) is 1. The third kappa shape index (κ3) is 3.06. The zero-order chi connectivity index (χ0) is 11.4. The van der Waals surface area contributed by atoms with E-state index in [-0.39, 0.29) is 6.10 Å². The minimum atomic E-state index is -0.122. The fourth-order valence-corrected chi connectivity index (χ4v) is 2.31. The minimum absolute atomic E-state index is 0.122. The zero-order valence-electron chi connectivity index (χ0n) is 10.0. The summed E-state index contributed by atoms with van der Waals surface area (Å²) in [4.78, 5) is 2.34. The zero-order valence-corrected chi connectivity index (χ0v) is 10.0. The van der Waals surface area contributed by atoms with Crippen LogP contribution in [0.3, 0.4) is 0 Å². The summed E-state index contributed by atoms with van der Waals surface area (Å²) >= 11 is 0. The van der Waals surface area contributed by atoms with Crippen LogP contribution in [0.25, 0.3) is 0 Å². The van der Waals surface area contributed by atoms with Gasteiger partial charge in [-0.2, -0.15) is 0 Å². The molecule has 2 heteroatoms. The smallest absolute Gasteiger partial charge is 0.0667 e. The maximum Gasteiger partial charge on any atom is 0.0667 e. The van der Waals surface area contributed by atoms with E-state index < -0.39 is 0 Å². The monoisotopic (exact) mass is 219 g/mol. The second-order valence-electron chi connectivity index (χ2n) is 4.70. The molecule has 1 N–H and O–H groups in total. The lowest BCUT2D eigenvalue weighted by Gasteiger charge is -2.29. The summed E-state index contributed by atoms with van der Waals surface area (Å²) in [5.41, 5.74) is 2.74. The number of aliphatic hydroxyl groups excluding tert-OH is 1. The van der Waals surface area contributed by atoms with E-state index in [4.69, 9.17) is 0 Å². The number of β-amino-alcohol motifs (C(OH)–C–C–N with tert-alkyl or cyclic N) is 1. The van der Waals surface area contributed by atoms with Gasteiger partial charge in [0.05, 0.1) is 6.10 Å². The Morgan fingerprint density at radius 3 is 2.56 bits per heavy atom. The molecule has 1 aliphatic heterocycles. The molecule has 0 unspecified atom stereocenters. The molecule has 2 rings (SSSR count). The molecule has 0 aromatic heterocycles. The van der Waals surface area contributed by atoms with Gasteiger partial charge < -0.3 is 5.11 Å². The van der Waals surface area contributed by atoms with E-state index in [9.17, 15) is 5.11 Å². The molecular formula is C14H21NO. The van der Waals surface area contributed by atoms with Gasteiger partial charge in [-0.1, -0.05) is 31.2 Å². The molecule has 0 amide bonds. The number of aliphatic hydroxyl groups is 1. The van der Waals surface area contributed by atoms with Crippen molar-refractivity contribution in [1.82, 2.24) is 4.90 Å². The fraction of sp³-hybridized carbons (Fsp3) is 0.571. The molecule has 1 aromatic rings. The van der Waals surface area contributed by atoms with E-state index in [1.54, 1.807) is 0 Å². The van der Waals surface area contributed by atoms with Crippen LogP contribution in [0.2, 0.25) is 0 Å². The summed E-state index contributed by atoms with van der Waals surface area (Å²) in [6, 6.07) is 8.82. The Hall–Kier alpha value is -0.860. The highest BCUT2D eigenvalue weighted by atomic mass is 16.3. The van der Waals surface area contributed by atoms with E-state index in [1.165, 1.54) is 11.1 Å². The third-order valence-electron chi connectivity index (χ3n) is 3.32. The Morgan fingerprint density at radius 1 is 1.25 bits per heavy atom. The van der Waals surface area contributed by atoms with Gasteiger partial charge in [0.2, 0.25) is 0 Å². The highest BCUT2D eigenvalue weighted by Gasteiger charge is 2.17. The predicted molar refractivity (Wildman–Crippen MR) is 66.3 cm³/mol. The van der Waals surface area contributed by atoms with Crippen molar-refractivity contribution < 1.29 is 5.11 Å². The molecule has 0 bridgehead atoms. The number of hydrogen-bond acceptors (Lipinski definition) is 2. The lowest BCUT2D eigenvalue weighted by molar-refractivity contribution is 0.0668. The molecule has 1 saturated heterocycles. The molecule has 1 heterocycles. The van der Waals surface area contributed by atoms with Gasteiger partial charge in [0.1, 0.15) is 0 Å². The number of hydrogen-bond donors (Lipinski definition) is 1. The van der Waals surface area contributed by atoms with E-state index in [1.807, 2.05) is 0 Å².